The van der Waals surface area contributed by atoms with E-state index in [1.54, 1.807) is 18.5 Å². The highest BCUT2D eigenvalue weighted by Gasteiger charge is 2.22. The molecule has 0 bridgehead atoms. The van der Waals surface area contributed by atoms with E-state index in [-0.39, 0.29) is 4.90 Å². The standard InChI is InChI=1S/C13H15FN2O2S2/c1-15-8-12-7-13(9-19-12)20(17,18)16(2)11-5-3-10(14)4-6-11/h3-7,9,15H,8H2,1-2H3. The molecule has 2 rings (SSSR count). The van der Waals surface area contributed by atoms with Crippen molar-refractivity contribution in [2.24, 2.45) is 0 Å². The first-order valence-corrected chi connectivity index (χ1v) is 8.23. The molecule has 20 heavy (non-hydrogen) atoms. The summed E-state index contributed by atoms with van der Waals surface area (Å²) < 4.78 is 38.9. The fourth-order valence-corrected chi connectivity index (χ4v) is 4.18. The van der Waals surface area contributed by atoms with E-state index in [1.165, 1.54) is 42.6 Å². The number of rotatable bonds is 5. The lowest BCUT2D eigenvalue weighted by atomic mass is 10.3. The van der Waals surface area contributed by atoms with E-state index < -0.39 is 15.8 Å². The third kappa shape index (κ3) is 3.00. The highest BCUT2D eigenvalue weighted by Crippen LogP contribution is 2.25. The van der Waals surface area contributed by atoms with Crippen LogP contribution in [0, 0.1) is 5.82 Å². The highest BCUT2D eigenvalue weighted by atomic mass is 32.2. The normalized spacial score (nSPS) is 11.6. The van der Waals surface area contributed by atoms with Gasteiger partial charge in [0.2, 0.25) is 0 Å². The molecular weight excluding hydrogens is 299 g/mol. The van der Waals surface area contributed by atoms with Crippen molar-refractivity contribution < 1.29 is 12.8 Å². The van der Waals surface area contributed by atoms with E-state index in [9.17, 15) is 12.8 Å². The lowest BCUT2D eigenvalue weighted by Gasteiger charge is -2.18. The number of sulfonamides is 1. The molecule has 0 saturated carbocycles. The lowest BCUT2D eigenvalue weighted by Crippen LogP contribution is -2.26. The summed E-state index contributed by atoms with van der Waals surface area (Å²) in [6.07, 6.45) is 0. The molecule has 0 amide bonds. The Morgan fingerprint density at radius 1 is 1.30 bits per heavy atom. The second-order valence-corrected chi connectivity index (χ2v) is 7.19. The molecule has 4 nitrogen and oxygen atoms in total. The summed E-state index contributed by atoms with van der Waals surface area (Å²) in [5, 5.41) is 4.59. The molecule has 1 aromatic carbocycles. The van der Waals surface area contributed by atoms with Crippen molar-refractivity contribution in [1.29, 1.82) is 0 Å². The number of hydrogen-bond donors (Lipinski definition) is 1. The number of thiophene rings is 1. The van der Waals surface area contributed by atoms with Crippen molar-refractivity contribution >= 4 is 27.0 Å². The van der Waals surface area contributed by atoms with Crippen molar-refractivity contribution in [3.05, 3.63) is 46.4 Å². The summed E-state index contributed by atoms with van der Waals surface area (Å²) >= 11 is 1.39. The van der Waals surface area contributed by atoms with E-state index in [2.05, 4.69) is 5.32 Å². The molecule has 0 aliphatic rings. The zero-order valence-corrected chi connectivity index (χ0v) is 12.8. The maximum Gasteiger partial charge on any atom is 0.264 e. The Morgan fingerprint density at radius 2 is 1.95 bits per heavy atom. The van der Waals surface area contributed by atoms with E-state index in [1.807, 2.05) is 0 Å². The van der Waals surface area contributed by atoms with Gasteiger partial charge in [0.15, 0.2) is 0 Å². The molecule has 0 aliphatic carbocycles. The zero-order chi connectivity index (χ0) is 14.8. The van der Waals surface area contributed by atoms with Gasteiger partial charge in [-0.1, -0.05) is 0 Å². The molecule has 0 radical (unpaired) electrons. The SMILES string of the molecule is CNCc1cc(S(=O)(=O)N(C)c2ccc(F)cc2)cs1. The maximum atomic E-state index is 12.9. The minimum atomic E-state index is -3.61. The van der Waals surface area contributed by atoms with Gasteiger partial charge in [0, 0.05) is 23.8 Å². The van der Waals surface area contributed by atoms with Gasteiger partial charge in [0.25, 0.3) is 10.0 Å². The van der Waals surface area contributed by atoms with E-state index in [0.717, 1.165) is 9.18 Å². The summed E-state index contributed by atoms with van der Waals surface area (Å²) in [6, 6.07) is 7.00. The van der Waals surface area contributed by atoms with Crippen LogP contribution in [0.4, 0.5) is 10.1 Å². The summed E-state index contributed by atoms with van der Waals surface area (Å²) in [5.41, 5.74) is 0.424. The summed E-state index contributed by atoms with van der Waals surface area (Å²) in [7, 11) is -0.348. The second kappa shape index (κ2) is 5.90. The van der Waals surface area contributed by atoms with Crippen molar-refractivity contribution in [2.45, 2.75) is 11.4 Å². The second-order valence-electron chi connectivity index (χ2n) is 4.23. The van der Waals surface area contributed by atoms with Gasteiger partial charge in [-0.2, -0.15) is 0 Å². The molecule has 0 unspecified atom stereocenters. The highest BCUT2D eigenvalue weighted by molar-refractivity contribution is 7.93. The third-order valence-corrected chi connectivity index (χ3v) is 5.68. The molecular formula is C13H15FN2O2S2. The Kier molecular flexibility index (Phi) is 4.42. The molecule has 0 atom stereocenters. The van der Waals surface area contributed by atoms with Crippen LogP contribution >= 0.6 is 11.3 Å². The Bertz CT molecular complexity index is 681. The molecule has 1 aromatic heterocycles. The van der Waals surface area contributed by atoms with Crippen LogP contribution in [0.15, 0.2) is 40.6 Å². The van der Waals surface area contributed by atoms with Crippen LogP contribution in [-0.2, 0) is 16.6 Å². The molecule has 0 aliphatic heterocycles. The van der Waals surface area contributed by atoms with Crippen molar-refractivity contribution in [1.82, 2.24) is 5.32 Å². The first-order valence-electron chi connectivity index (χ1n) is 5.91. The van der Waals surface area contributed by atoms with Gasteiger partial charge in [0.05, 0.1) is 10.6 Å². The molecule has 1 N–H and O–H groups in total. The lowest BCUT2D eigenvalue weighted by molar-refractivity contribution is 0.594. The Balaban J connectivity index is 2.30. The van der Waals surface area contributed by atoms with Gasteiger partial charge in [-0.3, -0.25) is 4.31 Å². The van der Waals surface area contributed by atoms with Gasteiger partial charge in [-0.25, -0.2) is 12.8 Å². The van der Waals surface area contributed by atoms with Crippen LogP contribution in [0.25, 0.3) is 0 Å². The van der Waals surface area contributed by atoms with E-state index >= 15 is 0 Å². The van der Waals surface area contributed by atoms with E-state index in [4.69, 9.17) is 0 Å². The van der Waals surface area contributed by atoms with Crippen molar-refractivity contribution in [2.75, 3.05) is 18.4 Å². The largest absolute Gasteiger partial charge is 0.315 e. The third-order valence-electron chi connectivity index (χ3n) is 2.83. The predicted molar refractivity (Wildman–Crippen MR) is 79.1 cm³/mol. The molecule has 0 fully saturated rings. The first kappa shape index (κ1) is 15.0. The van der Waals surface area contributed by atoms with Crippen LogP contribution in [0.5, 0.6) is 0 Å². The fourth-order valence-electron chi connectivity index (χ4n) is 1.71. The fraction of sp³-hybridized carbons (Fsp3) is 0.231. The van der Waals surface area contributed by atoms with Crippen LogP contribution in [0.2, 0.25) is 0 Å². The Morgan fingerprint density at radius 3 is 2.55 bits per heavy atom. The van der Waals surface area contributed by atoms with Crippen LogP contribution in [0.1, 0.15) is 4.88 Å². The maximum absolute atomic E-state index is 12.9. The molecule has 0 saturated heterocycles. The van der Waals surface area contributed by atoms with Gasteiger partial charge < -0.3 is 5.32 Å². The number of nitrogens with zero attached hydrogens (tertiary/aromatic N) is 1. The quantitative estimate of drug-likeness (QED) is 0.922. The average molecular weight is 314 g/mol. The van der Waals surface area contributed by atoms with Gasteiger partial charge in [-0.15, -0.1) is 11.3 Å². The van der Waals surface area contributed by atoms with E-state index in [0.29, 0.717) is 12.2 Å². The van der Waals surface area contributed by atoms with Crippen LogP contribution in [-0.4, -0.2) is 22.5 Å². The molecule has 2 aromatic rings. The monoisotopic (exact) mass is 314 g/mol. The van der Waals surface area contributed by atoms with Crippen molar-refractivity contribution in [3.63, 3.8) is 0 Å². The Labute approximate surface area is 121 Å². The number of benzene rings is 1. The minimum absolute atomic E-state index is 0.250. The molecule has 7 heteroatoms. The van der Waals surface area contributed by atoms with Gasteiger partial charge in [0.1, 0.15) is 5.82 Å². The number of anilines is 1. The topological polar surface area (TPSA) is 49.4 Å². The number of nitrogens with one attached hydrogen (secondary N) is 1. The van der Waals surface area contributed by atoms with Crippen LogP contribution in [0.3, 0.4) is 0 Å². The number of halogens is 1. The molecule has 1 heterocycles. The molecule has 108 valence electrons. The average Bonchev–Trinajstić information content (AvgIpc) is 2.88. The Hall–Kier alpha value is -1.44. The summed E-state index contributed by atoms with van der Waals surface area (Å²) in [6.45, 7) is 0.625. The summed E-state index contributed by atoms with van der Waals surface area (Å²) in [4.78, 5) is 1.19. The van der Waals surface area contributed by atoms with Crippen molar-refractivity contribution in [3.8, 4) is 0 Å². The minimum Gasteiger partial charge on any atom is -0.315 e. The smallest absolute Gasteiger partial charge is 0.264 e. The van der Waals surface area contributed by atoms with Crippen LogP contribution < -0.4 is 9.62 Å². The molecule has 0 spiro atoms. The predicted octanol–water partition coefficient (Wildman–Crippen LogP) is 2.43. The van der Waals surface area contributed by atoms with Gasteiger partial charge >= 0.3 is 0 Å². The first-order chi connectivity index (χ1) is 9.45. The van der Waals surface area contributed by atoms with Gasteiger partial charge in [-0.05, 0) is 37.4 Å². The number of hydrogen-bond acceptors (Lipinski definition) is 4. The zero-order valence-electron chi connectivity index (χ0n) is 11.1. The summed E-state index contributed by atoms with van der Waals surface area (Å²) in [5.74, 6) is -0.397.